The fourth-order valence-corrected chi connectivity index (χ4v) is 1.27. The third kappa shape index (κ3) is 4.36. The first-order valence-corrected chi connectivity index (χ1v) is 5.25. The number of ether oxygens (including phenoxy) is 1. The van der Waals surface area contributed by atoms with Crippen LogP contribution in [0, 0.1) is 28.6 Å². The van der Waals surface area contributed by atoms with E-state index in [1.165, 1.54) is 0 Å². The molecule has 17 heavy (non-hydrogen) atoms. The van der Waals surface area contributed by atoms with E-state index in [0.29, 0.717) is 0 Å². The van der Waals surface area contributed by atoms with Crippen molar-refractivity contribution in [2.45, 2.75) is 19.4 Å². The van der Waals surface area contributed by atoms with Crippen LogP contribution in [0.1, 0.15) is 18.4 Å². The highest BCUT2D eigenvalue weighted by molar-refractivity contribution is 5.75. The van der Waals surface area contributed by atoms with Crippen LogP contribution in [0.15, 0.2) is 30.3 Å². The molecule has 1 aromatic carbocycles. The molecule has 1 atom stereocenters. The van der Waals surface area contributed by atoms with Gasteiger partial charge in [0.2, 0.25) is 0 Å². The predicted octanol–water partition coefficient (Wildman–Crippen LogP) is 2.17. The lowest BCUT2D eigenvalue weighted by Crippen LogP contribution is -2.16. The summed E-state index contributed by atoms with van der Waals surface area (Å²) in [5, 5.41) is 17.1. The van der Waals surface area contributed by atoms with Gasteiger partial charge in [-0.15, -0.1) is 0 Å². The maximum Gasteiger partial charge on any atom is 0.323 e. The summed E-state index contributed by atoms with van der Waals surface area (Å²) in [6.45, 7) is 0.157. The van der Waals surface area contributed by atoms with E-state index in [-0.39, 0.29) is 19.4 Å². The Bertz CT molecular complexity index is 443. The third-order valence-electron chi connectivity index (χ3n) is 2.21. The minimum atomic E-state index is -0.849. The first kappa shape index (κ1) is 12.7. The molecule has 0 bridgehead atoms. The van der Waals surface area contributed by atoms with Crippen molar-refractivity contribution in [2.75, 3.05) is 0 Å². The zero-order chi connectivity index (χ0) is 12.5. The van der Waals surface area contributed by atoms with Gasteiger partial charge in [0.15, 0.2) is 0 Å². The van der Waals surface area contributed by atoms with Gasteiger partial charge in [0.05, 0.1) is 12.1 Å². The molecule has 0 fully saturated rings. The maximum absolute atomic E-state index is 11.5. The summed E-state index contributed by atoms with van der Waals surface area (Å²) in [6.07, 6.45) is 0.402. The Kier molecular flexibility index (Phi) is 5.27. The molecule has 0 saturated heterocycles. The molecule has 0 aliphatic carbocycles. The van der Waals surface area contributed by atoms with Crippen molar-refractivity contribution in [2.24, 2.45) is 5.92 Å². The van der Waals surface area contributed by atoms with E-state index in [9.17, 15) is 4.79 Å². The van der Waals surface area contributed by atoms with Crippen LogP contribution in [-0.2, 0) is 16.1 Å². The normalized spacial score (nSPS) is 10.9. The Morgan fingerprint density at radius 3 is 2.59 bits per heavy atom. The fourth-order valence-electron chi connectivity index (χ4n) is 1.27. The summed E-state index contributed by atoms with van der Waals surface area (Å²) in [5.41, 5.74) is 0.873. The van der Waals surface area contributed by atoms with E-state index in [1.54, 1.807) is 0 Å². The molecule has 0 radical (unpaired) electrons. The molecular formula is C13H12N2O2. The van der Waals surface area contributed by atoms with E-state index >= 15 is 0 Å². The zero-order valence-electron chi connectivity index (χ0n) is 9.30. The van der Waals surface area contributed by atoms with Crippen LogP contribution in [-0.4, -0.2) is 5.97 Å². The lowest BCUT2D eigenvalue weighted by atomic mass is 10.1. The monoisotopic (exact) mass is 228 g/mol. The van der Waals surface area contributed by atoms with Crippen molar-refractivity contribution in [1.29, 1.82) is 10.5 Å². The fraction of sp³-hybridized carbons (Fsp3) is 0.308. The van der Waals surface area contributed by atoms with Crippen LogP contribution >= 0.6 is 0 Å². The minimum absolute atomic E-state index is 0.157. The molecule has 1 aromatic rings. The van der Waals surface area contributed by atoms with Crippen LogP contribution in [0.4, 0.5) is 0 Å². The molecule has 4 nitrogen and oxygen atoms in total. The van der Waals surface area contributed by atoms with E-state index in [1.807, 2.05) is 42.5 Å². The molecule has 4 heteroatoms. The number of hydrogen-bond donors (Lipinski definition) is 0. The number of carbonyl (C=O) groups excluding carboxylic acids is 1. The maximum atomic E-state index is 11.5. The van der Waals surface area contributed by atoms with Gasteiger partial charge in [-0.05, 0) is 12.0 Å². The van der Waals surface area contributed by atoms with Gasteiger partial charge in [-0.2, -0.15) is 10.5 Å². The summed E-state index contributed by atoms with van der Waals surface area (Å²) < 4.78 is 5.01. The number of nitrogens with zero attached hydrogens (tertiary/aromatic N) is 2. The molecule has 0 saturated carbocycles. The van der Waals surface area contributed by atoms with Gasteiger partial charge in [0.1, 0.15) is 12.5 Å². The largest absolute Gasteiger partial charge is 0.460 e. The van der Waals surface area contributed by atoms with Crippen LogP contribution in [0.5, 0.6) is 0 Å². The number of hydrogen-bond acceptors (Lipinski definition) is 4. The lowest BCUT2D eigenvalue weighted by molar-refractivity contribution is -0.148. The van der Waals surface area contributed by atoms with Crippen LogP contribution in [0.25, 0.3) is 0 Å². The lowest BCUT2D eigenvalue weighted by Gasteiger charge is -2.07. The first-order valence-electron chi connectivity index (χ1n) is 5.25. The molecule has 0 aromatic heterocycles. The molecule has 0 amide bonds. The molecule has 0 heterocycles. The minimum Gasteiger partial charge on any atom is -0.460 e. The van der Waals surface area contributed by atoms with Crippen molar-refractivity contribution < 1.29 is 9.53 Å². The number of nitriles is 2. The summed E-state index contributed by atoms with van der Waals surface area (Å²) in [7, 11) is 0. The summed E-state index contributed by atoms with van der Waals surface area (Å²) in [5.74, 6) is -1.41. The summed E-state index contributed by atoms with van der Waals surface area (Å²) in [6, 6.07) is 13.0. The van der Waals surface area contributed by atoms with Crippen molar-refractivity contribution >= 4 is 5.97 Å². The van der Waals surface area contributed by atoms with Gasteiger partial charge in [-0.25, -0.2) is 0 Å². The average Bonchev–Trinajstić information content (AvgIpc) is 2.38. The highest BCUT2D eigenvalue weighted by Gasteiger charge is 2.18. The Hall–Kier alpha value is -2.33. The van der Waals surface area contributed by atoms with Gasteiger partial charge in [-0.1, -0.05) is 30.3 Å². The zero-order valence-corrected chi connectivity index (χ0v) is 9.30. The van der Waals surface area contributed by atoms with Gasteiger partial charge >= 0.3 is 5.97 Å². The Labute approximate surface area is 100 Å². The van der Waals surface area contributed by atoms with Crippen LogP contribution < -0.4 is 0 Å². The van der Waals surface area contributed by atoms with Crippen LogP contribution in [0.3, 0.4) is 0 Å². The second-order valence-electron chi connectivity index (χ2n) is 3.47. The smallest absolute Gasteiger partial charge is 0.323 e. The summed E-state index contributed by atoms with van der Waals surface area (Å²) in [4.78, 5) is 11.5. The molecule has 1 unspecified atom stereocenters. The van der Waals surface area contributed by atoms with Crippen molar-refractivity contribution in [3.8, 4) is 12.1 Å². The topological polar surface area (TPSA) is 73.9 Å². The van der Waals surface area contributed by atoms with Crippen molar-refractivity contribution in [3.05, 3.63) is 35.9 Å². The van der Waals surface area contributed by atoms with E-state index in [4.69, 9.17) is 15.3 Å². The molecule has 0 aliphatic rings. The molecular weight excluding hydrogens is 216 g/mol. The van der Waals surface area contributed by atoms with Gasteiger partial charge in [0.25, 0.3) is 0 Å². The number of carbonyl (C=O) groups is 1. The van der Waals surface area contributed by atoms with Gasteiger partial charge < -0.3 is 4.74 Å². The Morgan fingerprint density at radius 2 is 2.00 bits per heavy atom. The SMILES string of the molecule is N#CCCC(C#N)C(=O)OCc1ccccc1. The third-order valence-corrected chi connectivity index (χ3v) is 2.21. The highest BCUT2D eigenvalue weighted by Crippen LogP contribution is 2.09. The van der Waals surface area contributed by atoms with Crippen LogP contribution in [0.2, 0.25) is 0 Å². The predicted molar refractivity (Wildman–Crippen MR) is 60.2 cm³/mol. The number of esters is 1. The van der Waals surface area contributed by atoms with E-state index < -0.39 is 11.9 Å². The second-order valence-corrected chi connectivity index (χ2v) is 3.47. The molecule has 86 valence electrons. The summed E-state index contributed by atoms with van der Waals surface area (Å²) >= 11 is 0. The molecule has 1 rings (SSSR count). The van der Waals surface area contributed by atoms with Crippen molar-refractivity contribution in [1.82, 2.24) is 0 Å². The van der Waals surface area contributed by atoms with Gasteiger partial charge in [0, 0.05) is 6.42 Å². The number of rotatable bonds is 5. The van der Waals surface area contributed by atoms with E-state index in [0.717, 1.165) is 5.56 Å². The standard InChI is InChI=1S/C13H12N2O2/c14-8-4-7-12(9-15)13(16)17-10-11-5-2-1-3-6-11/h1-3,5-6,12H,4,7,10H2. The Morgan fingerprint density at radius 1 is 1.29 bits per heavy atom. The molecule has 0 aliphatic heterocycles. The quantitative estimate of drug-likeness (QED) is 0.724. The second kappa shape index (κ2) is 7.03. The van der Waals surface area contributed by atoms with Crippen molar-refractivity contribution in [3.63, 3.8) is 0 Å². The first-order chi connectivity index (χ1) is 8.27. The van der Waals surface area contributed by atoms with Gasteiger partial charge in [-0.3, -0.25) is 4.79 Å². The Balaban J connectivity index is 2.44. The number of benzene rings is 1. The molecule has 0 N–H and O–H groups in total. The highest BCUT2D eigenvalue weighted by atomic mass is 16.5. The molecule has 0 spiro atoms. The van der Waals surface area contributed by atoms with E-state index in [2.05, 4.69) is 0 Å². The average molecular weight is 228 g/mol.